The Morgan fingerprint density at radius 2 is 1.16 bits per heavy atom. The van der Waals surface area contributed by atoms with Crippen molar-refractivity contribution in [1.82, 2.24) is 9.13 Å². The van der Waals surface area contributed by atoms with E-state index in [4.69, 9.17) is 6.57 Å². The molecule has 0 unspecified atom stereocenters. The topological polar surface area (TPSA) is 61.8 Å². The molecule has 0 fully saturated rings. The first kappa shape index (κ1) is 28.8. The van der Waals surface area contributed by atoms with E-state index >= 15 is 0 Å². The minimum absolute atomic E-state index is 0.542. The molecule has 0 aliphatic rings. The zero-order valence-electron chi connectivity index (χ0n) is 26.7. The first-order valence-corrected chi connectivity index (χ1v) is 16.3. The molecule has 230 valence electrons. The third kappa shape index (κ3) is 4.24. The Morgan fingerprint density at radius 1 is 0.520 bits per heavy atom. The van der Waals surface area contributed by atoms with Crippen molar-refractivity contribution in [1.29, 1.82) is 10.5 Å². The Labute approximate surface area is 288 Å². The van der Waals surface area contributed by atoms with Gasteiger partial charge in [0.25, 0.3) is 0 Å². The van der Waals surface area contributed by atoms with E-state index in [1.807, 2.05) is 66.7 Å². The van der Waals surface area contributed by atoms with Crippen LogP contribution in [0.2, 0.25) is 0 Å². The van der Waals surface area contributed by atoms with E-state index in [9.17, 15) is 10.5 Å². The van der Waals surface area contributed by atoms with Crippen molar-refractivity contribution in [2.75, 3.05) is 0 Å². The minimum atomic E-state index is 0.542. The molecule has 0 spiro atoms. The van der Waals surface area contributed by atoms with Crippen LogP contribution in [0.1, 0.15) is 11.1 Å². The smallest absolute Gasteiger partial charge is 0.211 e. The summed E-state index contributed by atoms with van der Waals surface area (Å²) in [6.45, 7) is 7.92. The molecule has 2 aromatic heterocycles. The van der Waals surface area contributed by atoms with Crippen LogP contribution in [0.3, 0.4) is 0 Å². The molecule has 0 amide bonds. The highest BCUT2D eigenvalue weighted by atomic mass is 15.0. The van der Waals surface area contributed by atoms with Gasteiger partial charge in [-0.2, -0.15) is 10.5 Å². The highest BCUT2D eigenvalue weighted by Gasteiger charge is 2.20. The minimum Gasteiger partial charge on any atom is -0.319 e. The van der Waals surface area contributed by atoms with Crippen molar-refractivity contribution in [3.05, 3.63) is 174 Å². The highest BCUT2D eigenvalue weighted by Crippen LogP contribution is 2.42. The predicted molar refractivity (Wildman–Crippen MR) is 202 cm³/mol. The first-order chi connectivity index (χ1) is 24.7. The van der Waals surface area contributed by atoms with Gasteiger partial charge in [0.1, 0.15) is 0 Å². The van der Waals surface area contributed by atoms with E-state index in [1.54, 1.807) is 0 Å². The molecule has 7 aromatic carbocycles. The summed E-state index contributed by atoms with van der Waals surface area (Å²) in [6, 6.07) is 55.6. The van der Waals surface area contributed by atoms with Crippen LogP contribution >= 0.6 is 0 Å². The summed E-state index contributed by atoms with van der Waals surface area (Å²) in [4.78, 5) is 3.85. The molecule has 0 aliphatic carbocycles. The second kappa shape index (κ2) is 11.4. The quantitative estimate of drug-likeness (QED) is 0.181. The number of para-hydroxylation sites is 4. The van der Waals surface area contributed by atoms with E-state index < -0.39 is 0 Å². The van der Waals surface area contributed by atoms with Crippen molar-refractivity contribution in [3.8, 4) is 45.8 Å². The fraction of sp³-hybridized carbons (Fsp3) is 0. The maximum Gasteiger partial charge on any atom is 0.211 e. The van der Waals surface area contributed by atoms with Gasteiger partial charge in [-0.25, -0.2) is 4.85 Å². The van der Waals surface area contributed by atoms with Gasteiger partial charge in [0.15, 0.2) is 0 Å². The van der Waals surface area contributed by atoms with Crippen LogP contribution < -0.4 is 0 Å². The molecule has 0 radical (unpaired) electrons. The summed E-state index contributed by atoms with van der Waals surface area (Å²) >= 11 is 0. The van der Waals surface area contributed by atoms with E-state index in [-0.39, 0.29) is 0 Å². The van der Waals surface area contributed by atoms with Gasteiger partial charge in [-0.15, -0.1) is 0 Å². The molecule has 0 saturated carbocycles. The number of rotatable bonds is 4. The summed E-state index contributed by atoms with van der Waals surface area (Å²) in [6.07, 6.45) is 0. The van der Waals surface area contributed by atoms with Gasteiger partial charge in [-0.05, 0) is 71.1 Å². The molecule has 2 heterocycles. The lowest BCUT2D eigenvalue weighted by Crippen LogP contribution is -1.99. The Balaban J connectivity index is 1.25. The zero-order valence-corrected chi connectivity index (χ0v) is 26.7. The van der Waals surface area contributed by atoms with Crippen molar-refractivity contribution < 1.29 is 0 Å². The number of nitrogens with zero attached hydrogens (tertiary/aromatic N) is 5. The zero-order chi connectivity index (χ0) is 33.8. The molecule has 0 N–H and O–H groups in total. The van der Waals surface area contributed by atoms with Gasteiger partial charge in [-0.1, -0.05) is 97.1 Å². The van der Waals surface area contributed by atoms with Crippen LogP contribution in [0.4, 0.5) is 5.69 Å². The normalized spacial score (nSPS) is 11.1. The fourth-order valence-electron chi connectivity index (χ4n) is 7.52. The van der Waals surface area contributed by atoms with Gasteiger partial charge in [0.2, 0.25) is 5.69 Å². The SMILES string of the molecule is [C-]#[N+]c1cccc2c3cc(C#N)ccc3n(-c3ccc(-c4c(C#N)cccc4-c4ccccc4-n4c5ccccc5c5ccccc54)cc3)c12. The van der Waals surface area contributed by atoms with Gasteiger partial charge in [0, 0.05) is 33.0 Å². The average molecular weight is 636 g/mol. The molecule has 50 heavy (non-hydrogen) atoms. The molecular formula is C45H25N5. The average Bonchev–Trinajstić information content (AvgIpc) is 3.70. The van der Waals surface area contributed by atoms with E-state index in [2.05, 4.69) is 111 Å². The van der Waals surface area contributed by atoms with Crippen molar-refractivity contribution in [2.24, 2.45) is 0 Å². The van der Waals surface area contributed by atoms with Crippen molar-refractivity contribution in [2.45, 2.75) is 0 Å². The van der Waals surface area contributed by atoms with Gasteiger partial charge in [-0.3, -0.25) is 0 Å². The number of fused-ring (bicyclic) bond motifs is 6. The second-order valence-electron chi connectivity index (χ2n) is 12.2. The van der Waals surface area contributed by atoms with Crippen LogP contribution in [0.25, 0.3) is 82.1 Å². The van der Waals surface area contributed by atoms with Crippen LogP contribution in [0, 0.1) is 29.2 Å². The molecule has 0 saturated heterocycles. The third-order valence-corrected chi connectivity index (χ3v) is 9.63. The number of hydrogen-bond donors (Lipinski definition) is 0. The fourth-order valence-corrected chi connectivity index (χ4v) is 7.52. The largest absolute Gasteiger partial charge is 0.319 e. The number of nitriles is 2. The Hall–Kier alpha value is -7.39. The lowest BCUT2D eigenvalue weighted by molar-refractivity contribution is 1.18. The van der Waals surface area contributed by atoms with Crippen molar-refractivity contribution >= 4 is 49.3 Å². The van der Waals surface area contributed by atoms with Crippen LogP contribution in [-0.4, -0.2) is 9.13 Å². The number of benzene rings is 7. The predicted octanol–water partition coefficient (Wildman–Crippen LogP) is 11.5. The molecule has 0 atom stereocenters. The molecule has 9 rings (SSSR count). The Bertz CT molecular complexity index is 2900. The molecule has 0 bridgehead atoms. The van der Waals surface area contributed by atoms with Crippen molar-refractivity contribution in [3.63, 3.8) is 0 Å². The highest BCUT2D eigenvalue weighted by molar-refractivity contribution is 6.14. The summed E-state index contributed by atoms with van der Waals surface area (Å²) in [5.74, 6) is 0. The van der Waals surface area contributed by atoms with E-state index in [1.165, 1.54) is 10.8 Å². The third-order valence-electron chi connectivity index (χ3n) is 9.63. The van der Waals surface area contributed by atoms with E-state index in [0.717, 1.165) is 66.5 Å². The summed E-state index contributed by atoms with van der Waals surface area (Å²) in [7, 11) is 0. The van der Waals surface area contributed by atoms with Crippen LogP contribution in [0.5, 0.6) is 0 Å². The molecule has 0 aliphatic heterocycles. The van der Waals surface area contributed by atoms with Gasteiger partial charge < -0.3 is 9.13 Å². The number of hydrogen-bond acceptors (Lipinski definition) is 2. The molecule has 5 nitrogen and oxygen atoms in total. The van der Waals surface area contributed by atoms with Crippen LogP contribution in [-0.2, 0) is 0 Å². The Kier molecular flexibility index (Phi) is 6.56. The van der Waals surface area contributed by atoms with Gasteiger partial charge in [0.05, 0.1) is 57.6 Å². The lowest BCUT2D eigenvalue weighted by Gasteiger charge is -2.18. The Morgan fingerprint density at radius 3 is 1.88 bits per heavy atom. The molecule has 5 heteroatoms. The lowest BCUT2D eigenvalue weighted by atomic mass is 9.90. The van der Waals surface area contributed by atoms with E-state index in [0.29, 0.717) is 16.8 Å². The monoisotopic (exact) mass is 635 g/mol. The summed E-state index contributed by atoms with van der Waals surface area (Å²) < 4.78 is 4.42. The number of aromatic nitrogens is 2. The maximum atomic E-state index is 10.4. The first-order valence-electron chi connectivity index (χ1n) is 16.3. The molecular weight excluding hydrogens is 611 g/mol. The second-order valence-corrected chi connectivity index (χ2v) is 12.2. The molecule has 9 aromatic rings. The summed E-state index contributed by atoms with van der Waals surface area (Å²) in [5, 5.41) is 24.3. The maximum absolute atomic E-state index is 10.4. The standard InChI is InChI=1S/C45H25N5/c1-48-39-16-9-15-37-38-26-29(27-46)20-25-43(38)49(45(37)39)32-23-21-30(22-24-32)44-31(28-47)10-8-14-36(44)35-13-4-7-19-42(35)50-40-17-5-2-11-33(40)34-12-3-6-18-41(34)50/h2-26H. The van der Waals surface area contributed by atoms with Crippen LogP contribution in [0.15, 0.2) is 152 Å². The van der Waals surface area contributed by atoms with Gasteiger partial charge >= 0.3 is 0 Å². The summed E-state index contributed by atoms with van der Waals surface area (Å²) in [5.41, 5.74) is 11.3.